The minimum atomic E-state index is 0.215. The number of hydrogen-bond donors (Lipinski definition) is 0. The Kier molecular flexibility index (Phi) is 4.97. The first-order valence-corrected chi connectivity index (χ1v) is 10.3. The van der Waals surface area contributed by atoms with Crippen molar-refractivity contribution in [1.29, 1.82) is 5.26 Å². The zero-order valence-electron chi connectivity index (χ0n) is 17.8. The van der Waals surface area contributed by atoms with Crippen molar-refractivity contribution in [2.45, 2.75) is 13.8 Å². The van der Waals surface area contributed by atoms with Crippen molar-refractivity contribution in [3.05, 3.63) is 89.0 Å². The number of fused-ring (bicyclic) bond motifs is 1. The van der Waals surface area contributed by atoms with E-state index in [1.807, 2.05) is 80.6 Å². The Morgan fingerprint density at radius 1 is 0.844 bits per heavy atom. The maximum Gasteiger partial charge on any atom is 0.238 e. The highest BCUT2D eigenvalue weighted by molar-refractivity contribution is 5.90. The van der Waals surface area contributed by atoms with Crippen molar-refractivity contribution >= 4 is 12.1 Å². The second-order valence-electron chi connectivity index (χ2n) is 7.70. The molecular formula is C27H20N2O3. The van der Waals surface area contributed by atoms with Gasteiger partial charge in [-0.25, -0.2) is 4.99 Å². The van der Waals surface area contributed by atoms with E-state index in [1.54, 1.807) is 6.21 Å². The van der Waals surface area contributed by atoms with Gasteiger partial charge in [-0.05, 0) is 43.2 Å². The van der Waals surface area contributed by atoms with E-state index >= 15 is 0 Å². The lowest BCUT2D eigenvalue weighted by Crippen LogP contribution is -1.92. The van der Waals surface area contributed by atoms with E-state index in [0.29, 0.717) is 22.8 Å². The molecule has 4 aromatic rings. The fourth-order valence-corrected chi connectivity index (χ4v) is 3.64. The predicted molar refractivity (Wildman–Crippen MR) is 124 cm³/mol. The number of furan rings is 1. The van der Waals surface area contributed by atoms with Crippen molar-refractivity contribution in [1.82, 2.24) is 0 Å². The van der Waals surface area contributed by atoms with Crippen LogP contribution in [0.15, 0.2) is 76.1 Å². The molecular weight excluding hydrogens is 400 g/mol. The van der Waals surface area contributed by atoms with Gasteiger partial charge in [-0.3, -0.25) is 0 Å². The van der Waals surface area contributed by atoms with Gasteiger partial charge in [-0.2, -0.15) is 5.26 Å². The molecule has 0 spiro atoms. The first-order chi connectivity index (χ1) is 15.6. The number of nitriles is 1. The van der Waals surface area contributed by atoms with Crippen molar-refractivity contribution in [2.75, 3.05) is 6.79 Å². The van der Waals surface area contributed by atoms with Crippen LogP contribution in [0.3, 0.4) is 0 Å². The summed E-state index contributed by atoms with van der Waals surface area (Å²) in [7, 11) is 0. The Labute approximate surface area is 186 Å². The Bertz CT molecular complexity index is 1360. The second-order valence-corrected chi connectivity index (χ2v) is 7.70. The quantitative estimate of drug-likeness (QED) is 0.350. The lowest BCUT2D eigenvalue weighted by molar-refractivity contribution is 0.174. The van der Waals surface area contributed by atoms with Crippen LogP contribution in [0.5, 0.6) is 11.5 Å². The SMILES string of the molecule is Cc1ccc(-c2oc(N=Cc3ccc4c(c3)OCO4)c(C#N)c2-c2ccc(C)cc2)cc1. The van der Waals surface area contributed by atoms with E-state index in [0.717, 1.165) is 33.4 Å². The van der Waals surface area contributed by atoms with Gasteiger partial charge < -0.3 is 13.9 Å². The summed E-state index contributed by atoms with van der Waals surface area (Å²) in [4.78, 5) is 4.53. The van der Waals surface area contributed by atoms with Gasteiger partial charge in [0.1, 0.15) is 17.4 Å². The lowest BCUT2D eigenvalue weighted by Gasteiger charge is -2.05. The van der Waals surface area contributed by atoms with Crippen molar-refractivity contribution in [3.8, 4) is 40.0 Å². The van der Waals surface area contributed by atoms with Crippen LogP contribution in [-0.2, 0) is 0 Å². The van der Waals surface area contributed by atoms with E-state index in [4.69, 9.17) is 13.9 Å². The third-order valence-electron chi connectivity index (χ3n) is 5.38. The van der Waals surface area contributed by atoms with Crippen molar-refractivity contribution in [2.24, 2.45) is 4.99 Å². The summed E-state index contributed by atoms with van der Waals surface area (Å²) in [5.74, 6) is 2.29. The van der Waals surface area contributed by atoms with Crippen LogP contribution in [-0.4, -0.2) is 13.0 Å². The summed E-state index contributed by atoms with van der Waals surface area (Å²) in [5, 5.41) is 10.0. The molecule has 5 rings (SSSR count). The average Bonchev–Trinajstić information content (AvgIpc) is 3.42. The minimum Gasteiger partial charge on any atom is -0.454 e. The summed E-state index contributed by atoms with van der Waals surface area (Å²) >= 11 is 0. The molecule has 0 atom stereocenters. The van der Waals surface area contributed by atoms with Gasteiger partial charge in [0.2, 0.25) is 12.7 Å². The Morgan fingerprint density at radius 3 is 2.19 bits per heavy atom. The standard InChI is InChI=1S/C27H20N2O3/c1-17-3-8-20(9-4-17)25-22(14-28)27(32-26(25)21-10-5-18(2)6-11-21)29-15-19-7-12-23-24(13-19)31-16-30-23/h3-13,15H,16H2,1-2H3. The highest BCUT2D eigenvalue weighted by Crippen LogP contribution is 2.42. The highest BCUT2D eigenvalue weighted by atomic mass is 16.7. The first-order valence-electron chi connectivity index (χ1n) is 10.3. The Balaban J connectivity index is 1.63. The number of ether oxygens (including phenoxy) is 2. The zero-order valence-corrected chi connectivity index (χ0v) is 17.8. The van der Waals surface area contributed by atoms with Crippen LogP contribution in [0.25, 0.3) is 22.5 Å². The molecule has 3 aromatic carbocycles. The second kappa shape index (κ2) is 8.09. The molecule has 1 aliphatic heterocycles. The summed E-state index contributed by atoms with van der Waals surface area (Å²) in [6.45, 7) is 4.29. The molecule has 0 saturated carbocycles. The number of benzene rings is 3. The largest absolute Gasteiger partial charge is 0.454 e. The topological polar surface area (TPSA) is 67.8 Å². The van der Waals surface area contributed by atoms with Crippen LogP contribution in [0.2, 0.25) is 0 Å². The maximum absolute atomic E-state index is 10.0. The van der Waals surface area contributed by atoms with Crippen LogP contribution < -0.4 is 9.47 Å². The molecule has 0 unspecified atom stereocenters. The third-order valence-corrected chi connectivity index (χ3v) is 5.38. The molecule has 5 nitrogen and oxygen atoms in total. The molecule has 5 heteroatoms. The molecule has 0 fully saturated rings. The van der Waals surface area contributed by atoms with E-state index in [9.17, 15) is 5.26 Å². The molecule has 1 aliphatic rings. The fraction of sp³-hybridized carbons (Fsp3) is 0.111. The van der Waals surface area contributed by atoms with Crippen molar-refractivity contribution < 1.29 is 13.9 Å². The monoisotopic (exact) mass is 420 g/mol. The molecule has 2 heterocycles. The number of aliphatic imine (C=N–C) groups is 1. The molecule has 0 saturated heterocycles. The molecule has 0 bridgehead atoms. The lowest BCUT2D eigenvalue weighted by atomic mass is 9.97. The third kappa shape index (κ3) is 3.63. The van der Waals surface area contributed by atoms with E-state index in [2.05, 4.69) is 11.1 Å². The molecule has 1 aromatic heterocycles. The number of hydrogen-bond acceptors (Lipinski definition) is 5. The molecule has 0 radical (unpaired) electrons. The van der Waals surface area contributed by atoms with Crippen LogP contribution in [0.4, 0.5) is 5.88 Å². The minimum absolute atomic E-state index is 0.215. The average molecular weight is 420 g/mol. The Morgan fingerprint density at radius 2 is 1.50 bits per heavy atom. The van der Waals surface area contributed by atoms with E-state index < -0.39 is 0 Å². The number of aryl methyl sites for hydroxylation is 2. The summed E-state index contributed by atoms with van der Waals surface area (Å²) in [6, 6.07) is 24.0. The smallest absolute Gasteiger partial charge is 0.238 e. The first kappa shape index (κ1) is 19.7. The zero-order chi connectivity index (χ0) is 22.1. The van der Waals surface area contributed by atoms with Gasteiger partial charge in [-0.1, -0.05) is 59.7 Å². The Hall–Kier alpha value is -4.30. The van der Waals surface area contributed by atoms with Crippen LogP contribution in [0.1, 0.15) is 22.3 Å². The maximum atomic E-state index is 10.0. The van der Waals surface area contributed by atoms with Crippen LogP contribution in [0, 0.1) is 25.2 Å². The van der Waals surface area contributed by atoms with Gasteiger partial charge in [-0.15, -0.1) is 0 Å². The molecule has 32 heavy (non-hydrogen) atoms. The summed E-state index contributed by atoms with van der Waals surface area (Å²) < 4.78 is 17.0. The van der Waals surface area contributed by atoms with Gasteiger partial charge >= 0.3 is 0 Å². The van der Waals surface area contributed by atoms with Crippen molar-refractivity contribution in [3.63, 3.8) is 0 Å². The molecule has 0 N–H and O–H groups in total. The number of rotatable bonds is 4. The molecule has 156 valence electrons. The van der Waals surface area contributed by atoms with E-state index in [-0.39, 0.29) is 12.7 Å². The molecule has 0 aliphatic carbocycles. The summed E-state index contributed by atoms with van der Waals surface area (Å²) in [6.07, 6.45) is 1.67. The predicted octanol–water partition coefficient (Wildman–Crippen LogP) is 6.58. The molecule has 0 amide bonds. The van der Waals surface area contributed by atoms with Crippen LogP contribution >= 0.6 is 0 Å². The van der Waals surface area contributed by atoms with E-state index in [1.165, 1.54) is 0 Å². The van der Waals surface area contributed by atoms with Gasteiger partial charge in [0.25, 0.3) is 0 Å². The normalized spacial score (nSPS) is 12.3. The van der Waals surface area contributed by atoms with Gasteiger partial charge in [0.15, 0.2) is 11.5 Å². The number of nitrogens with zero attached hydrogens (tertiary/aromatic N) is 2. The fourth-order valence-electron chi connectivity index (χ4n) is 3.64. The van der Waals surface area contributed by atoms with Gasteiger partial charge in [0, 0.05) is 17.3 Å². The summed E-state index contributed by atoms with van der Waals surface area (Å²) in [5.41, 5.74) is 6.08. The van der Waals surface area contributed by atoms with Gasteiger partial charge in [0.05, 0.1) is 0 Å². The highest BCUT2D eigenvalue weighted by Gasteiger charge is 2.23.